The van der Waals surface area contributed by atoms with E-state index in [9.17, 15) is 4.79 Å². The normalized spacial score (nSPS) is 10.4. The number of aromatic nitrogens is 2. The van der Waals surface area contributed by atoms with Gasteiger partial charge in [0.25, 0.3) is 0 Å². The Kier molecular flexibility index (Phi) is 4.73. The fourth-order valence-electron chi connectivity index (χ4n) is 1.92. The molecule has 0 aliphatic heterocycles. The van der Waals surface area contributed by atoms with Crippen LogP contribution in [0, 0.1) is 0 Å². The molecule has 0 radical (unpaired) electrons. The lowest BCUT2D eigenvalue weighted by atomic mass is 10.2. The molecule has 0 saturated heterocycles. The highest BCUT2D eigenvalue weighted by atomic mass is 16.3. The smallest absolute Gasteiger partial charge is 0.244 e. The third kappa shape index (κ3) is 3.83. The van der Waals surface area contributed by atoms with E-state index in [0.717, 1.165) is 5.56 Å². The summed E-state index contributed by atoms with van der Waals surface area (Å²) < 4.78 is 1.49. The molecule has 0 aliphatic carbocycles. The van der Waals surface area contributed by atoms with Crippen molar-refractivity contribution in [3.8, 4) is 0 Å². The van der Waals surface area contributed by atoms with Crippen LogP contribution in [0.15, 0.2) is 42.7 Å². The van der Waals surface area contributed by atoms with E-state index < -0.39 is 0 Å². The number of aliphatic hydroxyl groups excluding tert-OH is 1. The van der Waals surface area contributed by atoms with Gasteiger partial charge in [0.2, 0.25) is 5.91 Å². The van der Waals surface area contributed by atoms with E-state index in [1.807, 2.05) is 30.3 Å². The summed E-state index contributed by atoms with van der Waals surface area (Å²) in [5.41, 5.74) is 7.11. The molecule has 3 N–H and O–H groups in total. The molecule has 0 atom stereocenters. The number of nitrogen functional groups attached to an aromatic ring is 1. The summed E-state index contributed by atoms with van der Waals surface area (Å²) in [7, 11) is 0. The quantitative estimate of drug-likeness (QED) is 0.802. The van der Waals surface area contributed by atoms with Crippen LogP contribution in [0.3, 0.4) is 0 Å². The van der Waals surface area contributed by atoms with Crippen LogP contribution < -0.4 is 5.73 Å². The maximum atomic E-state index is 12.2. The van der Waals surface area contributed by atoms with Gasteiger partial charge in [-0.25, -0.2) is 0 Å². The molecule has 1 aromatic carbocycles. The molecule has 106 valence electrons. The van der Waals surface area contributed by atoms with Crippen LogP contribution in [0.2, 0.25) is 0 Å². The van der Waals surface area contributed by atoms with Gasteiger partial charge in [0.15, 0.2) is 0 Å². The van der Waals surface area contributed by atoms with Crippen molar-refractivity contribution >= 4 is 11.6 Å². The second kappa shape index (κ2) is 6.72. The van der Waals surface area contributed by atoms with E-state index in [0.29, 0.717) is 18.8 Å². The average molecular weight is 274 g/mol. The van der Waals surface area contributed by atoms with Gasteiger partial charge in [-0.3, -0.25) is 9.48 Å². The van der Waals surface area contributed by atoms with Crippen molar-refractivity contribution in [2.45, 2.75) is 13.1 Å². The third-order valence-electron chi connectivity index (χ3n) is 2.89. The van der Waals surface area contributed by atoms with E-state index in [-0.39, 0.29) is 19.1 Å². The SMILES string of the molecule is Nc1cnn(CC(=O)N(CCO)Cc2ccccc2)c1. The Morgan fingerprint density at radius 1 is 1.35 bits per heavy atom. The average Bonchev–Trinajstić information content (AvgIpc) is 2.85. The van der Waals surface area contributed by atoms with Gasteiger partial charge >= 0.3 is 0 Å². The number of amides is 1. The van der Waals surface area contributed by atoms with Gasteiger partial charge in [0.1, 0.15) is 6.54 Å². The van der Waals surface area contributed by atoms with Crippen molar-refractivity contribution in [1.29, 1.82) is 0 Å². The maximum Gasteiger partial charge on any atom is 0.244 e. The Labute approximate surface area is 117 Å². The van der Waals surface area contributed by atoms with Gasteiger partial charge in [-0.2, -0.15) is 5.10 Å². The van der Waals surface area contributed by atoms with Gasteiger partial charge in [-0.1, -0.05) is 30.3 Å². The van der Waals surface area contributed by atoms with Gasteiger partial charge in [0.05, 0.1) is 18.5 Å². The number of anilines is 1. The first kappa shape index (κ1) is 14.1. The van der Waals surface area contributed by atoms with Crippen LogP contribution >= 0.6 is 0 Å². The highest BCUT2D eigenvalue weighted by molar-refractivity contribution is 5.76. The molecule has 0 saturated carbocycles. The number of nitrogens with zero attached hydrogens (tertiary/aromatic N) is 3. The van der Waals surface area contributed by atoms with Crippen LogP contribution in [0.5, 0.6) is 0 Å². The first-order chi connectivity index (χ1) is 9.69. The van der Waals surface area contributed by atoms with Gasteiger partial charge in [-0.05, 0) is 5.56 Å². The predicted molar refractivity (Wildman–Crippen MR) is 75.6 cm³/mol. The first-order valence-corrected chi connectivity index (χ1v) is 6.39. The number of carbonyl (C=O) groups is 1. The van der Waals surface area contributed by atoms with Gasteiger partial charge < -0.3 is 15.7 Å². The van der Waals surface area contributed by atoms with Crippen molar-refractivity contribution in [3.05, 3.63) is 48.3 Å². The van der Waals surface area contributed by atoms with E-state index in [4.69, 9.17) is 10.8 Å². The lowest BCUT2D eigenvalue weighted by Crippen LogP contribution is -2.35. The second-order valence-corrected chi connectivity index (χ2v) is 4.50. The summed E-state index contributed by atoms with van der Waals surface area (Å²) in [6, 6.07) is 9.66. The molecular formula is C14H18N4O2. The zero-order chi connectivity index (χ0) is 14.4. The van der Waals surface area contributed by atoms with E-state index >= 15 is 0 Å². The fourth-order valence-corrected chi connectivity index (χ4v) is 1.92. The molecule has 0 unspecified atom stereocenters. The van der Waals surface area contributed by atoms with Crippen molar-refractivity contribution in [2.24, 2.45) is 0 Å². The molecule has 20 heavy (non-hydrogen) atoms. The lowest BCUT2D eigenvalue weighted by molar-refractivity contribution is -0.133. The van der Waals surface area contributed by atoms with Crippen LogP contribution in [-0.2, 0) is 17.9 Å². The van der Waals surface area contributed by atoms with Crippen molar-refractivity contribution in [2.75, 3.05) is 18.9 Å². The van der Waals surface area contributed by atoms with Gasteiger partial charge in [-0.15, -0.1) is 0 Å². The molecule has 6 nitrogen and oxygen atoms in total. The number of nitrogens with two attached hydrogens (primary N) is 1. The minimum absolute atomic E-state index is 0.0696. The van der Waals surface area contributed by atoms with Crippen LogP contribution in [-0.4, -0.2) is 38.8 Å². The Hall–Kier alpha value is -2.34. The van der Waals surface area contributed by atoms with Crippen LogP contribution in [0.1, 0.15) is 5.56 Å². The largest absolute Gasteiger partial charge is 0.396 e. The molecule has 0 bridgehead atoms. The monoisotopic (exact) mass is 274 g/mol. The van der Waals surface area contributed by atoms with Crippen LogP contribution in [0.4, 0.5) is 5.69 Å². The summed E-state index contributed by atoms with van der Waals surface area (Å²) in [5.74, 6) is -0.106. The molecule has 2 aromatic rings. The minimum Gasteiger partial charge on any atom is -0.396 e. The Morgan fingerprint density at radius 3 is 2.70 bits per heavy atom. The topological polar surface area (TPSA) is 84.4 Å². The summed E-state index contributed by atoms with van der Waals surface area (Å²) in [6.45, 7) is 0.811. The molecule has 0 fully saturated rings. The number of carbonyl (C=O) groups excluding carboxylic acids is 1. The van der Waals surface area contributed by atoms with E-state index in [1.165, 1.54) is 10.9 Å². The standard InChI is InChI=1S/C14H18N4O2/c15-13-8-16-18(10-13)11-14(20)17(6-7-19)9-12-4-2-1-3-5-12/h1-5,8,10,19H,6-7,9,11,15H2. The second-order valence-electron chi connectivity index (χ2n) is 4.50. The molecule has 6 heteroatoms. The Bertz CT molecular complexity index is 553. The molecule has 2 rings (SSSR count). The van der Waals surface area contributed by atoms with E-state index in [2.05, 4.69) is 5.10 Å². The maximum absolute atomic E-state index is 12.2. The molecular weight excluding hydrogens is 256 g/mol. The number of benzene rings is 1. The highest BCUT2D eigenvalue weighted by Crippen LogP contribution is 2.06. The predicted octanol–water partition coefficient (Wildman–Crippen LogP) is 0.486. The first-order valence-electron chi connectivity index (χ1n) is 6.39. The van der Waals surface area contributed by atoms with Crippen LogP contribution in [0.25, 0.3) is 0 Å². The van der Waals surface area contributed by atoms with Crippen molar-refractivity contribution < 1.29 is 9.90 Å². The molecule has 1 heterocycles. The Morgan fingerprint density at radius 2 is 2.10 bits per heavy atom. The minimum atomic E-state index is -0.106. The fraction of sp³-hybridized carbons (Fsp3) is 0.286. The summed E-state index contributed by atoms with van der Waals surface area (Å²) >= 11 is 0. The summed E-state index contributed by atoms with van der Waals surface area (Å²) in [5, 5.41) is 13.1. The van der Waals surface area contributed by atoms with E-state index in [1.54, 1.807) is 11.1 Å². The third-order valence-corrected chi connectivity index (χ3v) is 2.89. The number of rotatable bonds is 6. The number of aliphatic hydroxyl groups is 1. The molecule has 0 spiro atoms. The summed E-state index contributed by atoms with van der Waals surface area (Å²) in [4.78, 5) is 13.8. The Balaban J connectivity index is 2.02. The molecule has 1 aromatic heterocycles. The van der Waals surface area contributed by atoms with Gasteiger partial charge in [0, 0.05) is 19.3 Å². The zero-order valence-electron chi connectivity index (χ0n) is 11.1. The number of hydrogen-bond acceptors (Lipinski definition) is 4. The highest BCUT2D eigenvalue weighted by Gasteiger charge is 2.14. The summed E-state index contributed by atoms with van der Waals surface area (Å²) in [6.07, 6.45) is 3.11. The van der Waals surface area contributed by atoms with Crippen molar-refractivity contribution in [3.63, 3.8) is 0 Å². The molecule has 0 aliphatic rings. The van der Waals surface area contributed by atoms with Crippen molar-refractivity contribution in [1.82, 2.24) is 14.7 Å². The lowest BCUT2D eigenvalue weighted by Gasteiger charge is -2.21. The zero-order valence-corrected chi connectivity index (χ0v) is 11.1. The molecule has 1 amide bonds. The number of hydrogen-bond donors (Lipinski definition) is 2.